The van der Waals surface area contributed by atoms with Crippen LogP contribution in [0.1, 0.15) is 11.1 Å². The highest BCUT2D eigenvalue weighted by Crippen LogP contribution is 2.55. The van der Waals surface area contributed by atoms with Crippen molar-refractivity contribution >= 4 is 68.7 Å². The summed E-state index contributed by atoms with van der Waals surface area (Å²) < 4.78 is 0. The van der Waals surface area contributed by atoms with E-state index < -0.39 is 0 Å². The van der Waals surface area contributed by atoms with Gasteiger partial charge in [-0.25, -0.2) is 0 Å². The fourth-order valence-corrected chi connectivity index (χ4v) is 10.2. The lowest BCUT2D eigenvalue weighted by Gasteiger charge is -2.48. The Bertz CT molecular complexity index is 2730. The lowest BCUT2D eigenvalue weighted by molar-refractivity contribution is 1.17. The van der Waals surface area contributed by atoms with Gasteiger partial charge >= 0.3 is 6.85 Å². The summed E-state index contributed by atoms with van der Waals surface area (Å²) in [6.07, 6.45) is 0. The second-order valence-electron chi connectivity index (χ2n) is 14.2. The molecule has 0 bridgehead atoms. The Balaban J connectivity index is 1.27. The average Bonchev–Trinajstić information content (AvgIpc) is 3.19. The first kappa shape index (κ1) is 29.7. The number of nitrogens with zero attached hydrogens (tertiary/aromatic N) is 2. The van der Waals surface area contributed by atoms with E-state index in [0.29, 0.717) is 0 Å². The molecular weight excluding hydrogens is 647 g/mol. The molecule has 0 fully saturated rings. The zero-order valence-corrected chi connectivity index (χ0v) is 29.8. The molecule has 2 nitrogen and oxygen atoms in total. The molecule has 3 heterocycles. The highest BCUT2D eigenvalue weighted by atomic mass is 32.2. The Morgan fingerprint density at radius 1 is 0.500 bits per heavy atom. The summed E-state index contributed by atoms with van der Waals surface area (Å²) >= 11 is 1.89. The van der Waals surface area contributed by atoms with Gasteiger partial charge in [0.05, 0.1) is 11.4 Å². The molecule has 244 valence electrons. The van der Waals surface area contributed by atoms with Gasteiger partial charge in [-0.1, -0.05) is 133 Å². The molecule has 3 aliphatic rings. The number of benzene rings is 8. The highest BCUT2D eigenvalue weighted by Gasteiger charge is 2.47. The zero-order chi connectivity index (χ0) is 34.5. The van der Waals surface area contributed by atoms with Crippen molar-refractivity contribution in [2.45, 2.75) is 23.6 Å². The van der Waals surface area contributed by atoms with Crippen molar-refractivity contribution in [1.82, 2.24) is 0 Å². The molecule has 4 heteroatoms. The molecule has 0 saturated heterocycles. The Labute approximate surface area is 309 Å². The first-order valence-electron chi connectivity index (χ1n) is 18.1. The van der Waals surface area contributed by atoms with Gasteiger partial charge in [0.1, 0.15) is 0 Å². The predicted octanol–water partition coefficient (Wildman–Crippen LogP) is 12.0. The molecule has 8 aromatic rings. The van der Waals surface area contributed by atoms with Crippen LogP contribution >= 0.6 is 11.8 Å². The first-order valence-corrected chi connectivity index (χ1v) is 18.9. The molecule has 0 radical (unpaired) electrons. The summed E-state index contributed by atoms with van der Waals surface area (Å²) in [6.45, 7) is 4.46. The van der Waals surface area contributed by atoms with Crippen molar-refractivity contribution in [1.29, 1.82) is 0 Å². The SMILES string of the molecule is Cc1cccc(C)c1-c1cc2c3c(c1)N1c4ccccc4Sc4cccc(c41)B3N(c1ccc(-c3ccccc3)cc1)c1c-2ccc2ccccc12. The number of para-hydroxylation sites is 2. The molecule has 0 spiro atoms. The molecule has 11 rings (SSSR count). The number of hydrogen-bond acceptors (Lipinski definition) is 3. The van der Waals surface area contributed by atoms with Crippen LogP contribution in [0, 0.1) is 13.8 Å². The normalized spacial score (nSPS) is 13.4. The van der Waals surface area contributed by atoms with Crippen LogP contribution in [0.5, 0.6) is 0 Å². The molecule has 0 unspecified atom stereocenters. The van der Waals surface area contributed by atoms with Gasteiger partial charge in [0, 0.05) is 37.8 Å². The summed E-state index contributed by atoms with van der Waals surface area (Å²) in [5.41, 5.74) is 19.1. The number of fused-ring (bicyclic) bond motifs is 8. The Morgan fingerprint density at radius 3 is 2.06 bits per heavy atom. The fourth-order valence-electron chi connectivity index (χ4n) is 9.05. The van der Waals surface area contributed by atoms with Crippen LogP contribution in [0.4, 0.5) is 28.4 Å². The Kier molecular flexibility index (Phi) is 6.44. The molecule has 0 N–H and O–H groups in total. The van der Waals surface area contributed by atoms with E-state index >= 15 is 0 Å². The molecule has 0 atom stereocenters. The minimum absolute atomic E-state index is 0.0324. The minimum Gasteiger partial charge on any atom is -0.376 e. The van der Waals surface area contributed by atoms with Crippen LogP contribution in [-0.2, 0) is 0 Å². The first-order chi connectivity index (χ1) is 25.6. The quantitative estimate of drug-likeness (QED) is 0.172. The minimum atomic E-state index is -0.0324. The zero-order valence-electron chi connectivity index (χ0n) is 29.0. The van der Waals surface area contributed by atoms with Crippen molar-refractivity contribution in [3.05, 3.63) is 175 Å². The molecule has 52 heavy (non-hydrogen) atoms. The molecule has 3 aliphatic heterocycles. The maximum atomic E-state index is 2.65. The number of anilines is 5. The van der Waals surface area contributed by atoms with E-state index in [2.05, 4.69) is 187 Å². The second-order valence-corrected chi connectivity index (χ2v) is 15.3. The van der Waals surface area contributed by atoms with Gasteiger partial charge in [-0.2, -0.15) is 0 Å². The van der Waals surface area contributed by atoms with Gasteiger partial charge in [0.15, 0.2) is 0 Å². The van der Waals surface area contributed by atoms with Gasteiger partial charge in [-0.3, -0.25) is 0 Å². The fraction of sp³-hybridized carbons (Fsp3) is 0.0417. The maximum Gasteiger partial charge on any atom is 0.333 e. The van der Waals surface area contributed by atoms with Crippen molar-refractivity contribution in [3.63, 3.8) is 0 Å². The highest BCUT2D eigenvalue weighted by molar-refractivity contribution is 7.99. The lowest BCUT2D eigenvalue weighted by atomic mass is 9.43. The molecule has 0 amide bonds. The summed E-state index contributed by atoms with van der Waals surface area (Å²) in [7, 11) is 0. The van der Waals surface area contributed by atoms with E-state index in [0.717, 1.165) is 0 Å². The Morgan fingerprint density at radius 2 is 1.21 bits per heavy atom. The van der Waals surface area contributed by atoms with E-state index in [1.165, 1.54) is 104 Å². The van der Waals surface area contributed by atoms with Crippen LogP contribution in [0.2, 0.25) is 0 Å². The maximum absolute atomic E-state index is 2.65. The second kappa shape index (κ2) is 11.3. The lowest BCUT2D eigenvalue weighted by Crippen LogP contribution is -2.62. The third-order valence-corrected chi connectivity index (χ3v) is 12.4. The van der Waals surface area contributed by atoms with E-state index in [4.69, 9.17) is 0 Å². The van der Waals surface area contributed by atoms with Gasteiger partial charge < -0.3 is 9.71 Å². The molecule has 0 saturated carbocycles. The van der Waals surface area contributed by atoms with Crippen molar-refractivity contribution in [2.24, 2.45) is 0 Å². The van der Waals surface area contributed by atoms with Crippen LogP contribution in [0.15, 0.2) is 174 Å². The van der Waals surface area contributed by atoms with Gasteiger partial charge in [0.25, 0.3) is 0 Å². The predicted molar refractivity (Wildman–Crippen MR) is 222 cm³/mol. The van der Waals surface area contributed by atoms with Crippen LogP contribution < -0.4 is 20.6 Å². The smallest absolute Gasteiger partial charge is 0.333 e. The third kappa shape index (κ3) is 4.22. The van der Waals surface area contributed by atoms with Crippen LogP contribution in [-0.4, -0.2) is 6.85 Å². The van der Waals surface area contributed by atoms with Crippen molar-refractivity contribution < 1.29 is 0 Å². The van der Waals surface area contributed by atoms with E-state index in [-0.39, 0.29) is 6.85 Å². The van der Waals surface area contributed by atoms with Crippen LogP contribution in [0.25, 0.3) is 44.2 Å². The number of rotatable bonds is 3. The van der Waals surface area contributed by atoms with E-state index in [1.807, 2.05) is 11.8 Å². The summed E-state index contributed by atoms with van der Waals surface area (Å²) in [5.74, 6) is 0. The number of aryl methyl sites for hydroxylation is 2. The third-order valence-electron chi connectivity index (χ3n) is 11.3. The van der Waals surface area contributed by atoms with Gasteiger partial charge in [0.2, 0.25) is 0 Å². The standard InChI is InChI=1S/C48H33BN2S/c1-30-12-10-13-31(2)45(30)35-28-39-38-27-24-34-16-6-7-17-37(34)47(38)51(36-25-22-33(23-26-36)32-14-4-3-5-15-32)49-40-18-11-21-44-48(40)50(42(29-35)46(39)49)41-19-8-9-20-43(41)52-44/h3-29H,1-2H3. The summed E-state index contributed by atoms with van der Waals surface area (Å²) in [6, 6.07) is 61.0. The molecule has 0 aromatic heterocycles. The van der Waals surface area contributed by atoms with Gasteiger partial charge in [-0.15, -0.1) is 0 Å². The van der Waals surface area contributed by atoms with E-state index in [1.54, 1.807) is 0 Å². The molecule has 0 aliphatic carbocycles. The summed E-state index contributed by atoms with van der Waals surface area (Å²) in [5, 5.41) is 2.52. The average molecular weight is 681 g/mol. The topological polar surface area (TPSA) is 6.48 Å². The molecular formula is C48H33BN2S. The molecule has 8 aromatic carbocycles. The van der Waals surface area contributed by atoms with Crippen LogP contribution in [0.3, 0.4) is 0 Å². The van der Waals surface area contributed by atoms with Crippen molar-refractivity contribution in [2.75, 3.05) is 9.71 Å². The summed E-state index contributed by atoms with van der Waals surface area (Å²) in [4.78, 5) is 7.80. The van der Waals surface area contributed by atoms with E-state index in [9.17, 15) is 0 Å². The van der Waals surface area contributed by atoms with Gasteiger partial charge in [-0.05, 0) is 112 Å². The monoisotopic (exact) mass is 680 g/mol. The largest absolute Gasteiger partial charge is 0.376 e. The Hall–Kier alpha value is -5.97. The number of hydrogen-bond donors (Lipinski definition) is 0. The van der Waals surface area contributed by atoms with Crippen molar-refractivity contribution in [3.8, 4) is 33.4 Å².